The van der Waals surface area contributed by atoms with Gasteiger partial charge in [0.1, 0.15) is 24.9 Å². The molecule has 0 bridgehead atoms. The maximum Gasteiger partial charge on any atom is 0.306 e. The van der Waals surface area contributed by atoms with Crippen molar-refractivity contribution >= 4 is 5.97 Å². The Labute approximate surface area is 206 Å². The van der Waals surface area contributed by atoms with E-state index in [0.717, 1.165) is 18.3 Å². The van der Waals surface area contributed by atoms with Crippen LogP contribution >= 0.6 is 0 Å². The molecule has 8 nitrogen and oxygen atoms in total. The van der Waals surface area contributed by atoms with Crippen LogP contribution < -0.4 is 0 Å². The third-order valence-electron chi connectivity index (χ3n) is 5.48. The molecule has 0 spiro atoms. The van der Waals surface area contributed by atoms with Gasteiger partial charge in [-0.25, -0.2) is 0 Å². The Bertz CT molecular complexity index is 523. The van der Waals surface area contributed by atoms with Crippen molar-refractivity contribution in [3.8, 4) is 0 Å². The molecule has 0 saturated carbocycles. The third kappa shape index (κ3) is 21.5. The zero-order valence-electron chi connectivity index (χ0n) is 21.8. The van der Waals surface area contributed by atoms with Crippen molar-refractivity contribution in [1.29, 1.82) is 0 Å². The molecule has 0 amide bonds. The van der Waals surface area contributed by atoms with Gasteiger partial charge in [0.2, 0.25) is 0 Å². The summed E-state index contributed by atoms with van der Waals surface area (Å²) in [4.78, 5) is 11.9. The Morgan fingerprint density at radius 3 is 1.94 bits per heavy atom. The van der Waals surface area contributed by atoms with Crippen molar-refractivity contribution in [2.45, 2.75) is 97.4 Å². The summed E-state index contributed by atoms with van der Waals surface area (Å²) in [5.74, 6) is 1.18. The van der Waals surface area contributed by atoms with Gasteiger partial charge < -0.3 is 34.6 Å². The van der Waals surface area contributed by atoms with Gasteiger partial charge >= 0.3 is 5.97 Å². The quantitative estimate of drug-likeness (QED) is 0.135. The summed E-state index contributed by atoms with van der Waals surface area (Å²) in [6.07, 6.45) is 7.48. The Balaban J connectivity index is 3.77. The van der Waals surface area contributed by atoms with Crippen LogP contribution in [0.5, 0.6) is 0 Å². The fraction of sp³-hybridized carbons (Fsp3) is 0.885. The van der Waals surface area contributed by atoms with Gasteiger partial charge in [-0.05, 0) is 38.0 Å². The minimum absolute atomic E-state index is 0.0631. The zero-order chi connectivity index (χ0) is 25.8. The molecule has 0 heterocycles. The summed E-state index contributed by atoms with van der Waals surface area (Å²) in [6.45, 7) is 8.10. The van der Waals surface area contributed by atoms with Crippen LogP contribution in [0.15, 0.2) is 11.6 Å². The number of hydrogen-bond acceptors (Lipinski definition) is 8. The number of hydrogen-bond donors (Lipinski definition) is 4. The molecule has 4 atom stereocenters. The standard InChI is InChI=1S/C26H50O8/c1-20(2)8-5-9-21(3)10-6-11-22(4)12-7-13-26(31)34-19-25(30)18-33-17-24(29)16-32-15-23(28)14-27/h12,20-21,23-25,27-30H,5-11,13-19H2,1-4H3/b22-12+. The molecule has 8 heteroatoms. The number of carbonyl (C=O) groups excluding carboxylic acids is 1. The summed E-state index contributed by atoms with van der Waals surface area (Å²) < 4.78 is 15.3. The monoisotopic (exact) mass is 490 g/mol. The van der Waals surface area contributed by atoms with Crippen molar-refractivity contribution in [3.63, 3.8) is 0 Å². The number of ether oxygens (including phenoxy) is 3. The van der Waals surface area contributed by atoms with E-state index < -0.39 is 24.9 Å². The largest absolute Gasteiger partial charge is 0.463 e. The molecule has 0 fully saturated rings. The van der Waals surface area contributed by atoms with Gasteiger partial charge in [0, 0.05) is 6.42 Å². The molecule has 0 aliphatic carbocycles. The van der Waals surface area contributed by atoms with Crippen LogP contribution in [0.4, 0.5) is 0 Å². The van der Waals surface area contributed by atoms with Gasteiger partial charge in [-0.15, -0.1) is 0 Å². The maximum absolute atomic E-state index is 11.9. The molecule has 0 aromatic heterocycles. The zero-order valence-corrected chi connectivity index (χ0v) is 21.8. The predicted molar refractivity (Wildman–Crippen MR) is 132 cm³/mol. The number of esters is 1. The normalized spacial score (nSPS) is 15.9. The van der Waals surface area contributed by atoms with E-state index in [2.05, 4.69) is 33.8 Å². The van der Waals surface area contributed by atoms with Crippen LogP contribution in [0.25, 0.3) is 0 Å². The molecule has 0 saturated heterocycles. The lowest BCUT2D eigenvalue weighted by molar-refractivity contribution is -0.148. The first kappa shape index (κ1) is 33.0. The van der Waals surface area contributed by atoms with Crippen LogP contribution in [-0.4, -0.2) is 84.3 Å². The van der Waals surface area contributed by atoms with E-state index in [1.54, 1.807) is 0 Å². The second-order valence-electron chi connectivity index (χ2n) is 9.81. The molecule has 0 radical (unpaired) electrons. The highest BCUT2D eigenvalue weighted by molar-refractivity contribution is 5.69. The second-order valence-corrected chi connectivity index (χ2v) is 9.81. The van der Waals surface area contributed by atoms with Gasteiger partial charge in [-0.1, -0.05) is 58.1 Å². The fourth-order valence-electron chi connectivity index (χ4n) is 3.38. The Morgan fingerprint density at radius 1 is 0.794 bits per heavy atom. The number of aliphatic hydroxyl groups excluding tert-OH is 4. The summed E-state index contributed by atoms with van der Waals surface area (Å²) >= 11 is 0. The van der Waals surface area contributed by atoms with Crippen molar-refractivity contribution < 1.29 is 39.4 Å². The number of rotatable bonds is 22. The average Bonchev–Trinajstić information content (AvgIpc) is 2.77. The molecule has 4 N–H and O–H groups in total. The molecule has 34 heavy (non-hydrogen) atoms. The second kappa shape index (κ2) is 21.3. The van der Waals surface area contributed by atoms with Gasteiger partial charge in [-0.2, -0.15) is 0 Å². The molecule has 0 aromatic carbocycles. The van der Waals surface area contributed by atoms with Crippen molar-refractivity contribution in [2.75, 3.05) is 39.6 Å². The van der Waals surface area contributed by atoms with Crippen LogP contribution in [0.3, 0.4) is 0 Å². The first-order valence-electron chi connectivity index (χ1n) is 12.8. The van der Waals surface area contributed by atoms with Crippen LogP contribution in [0.1, 0.15) is 79.1 Å². The van der Waals surface area contributed by atoms with Crippen molar-refractivity contribution in [2.24, 2.45) is 11.8 Å². The first-order valence-corrected chi connectivity index (χ1v) is 12.8. The van der Waals surface area contributed by atoms with E-state index in [1.165, 1.54) is 37.7 Å². The Kier molecular flexibility index (Phi) is 20.6. The third-order valence-corrected chi connectivity index (χ3v) is 5.48. The van der Waals surface area contributed by atoms with E-state index in [0.29, 0.717) is 6.42 Å². The predicted octanol–water partition coefficient (Wildman–Crippen LogP) is 3.00. The molecule has 0 aliphatic rings. The maximum atomic E-state index is 11.9. The lowest BCUT2D eigenvalue weighted by atomic mass is 9.94. The molecule has 0 rings (SSSR count). The fourth-order valence-corrected chi connectivity index (χ4v) is 3.38. The van der Waals surface area contributed by atoms with E-state index in [1.807, 2.05) is 0 Å². The first-order chi connectivity index (χ1) is 16.1. The minimum atomic E-state index is -0.984. The van der Waals surface area contributed by atoms with Crippen LogP contribution in [0.2, 0.25) is 0 Å². The summed E-state index contributed by atoms with van der Waals surface area (Å²) in [5, 5.41) is 37.3. The van der Waals surface area contributed by atoms with Crippen molar-refractivity contribution in [1.82, 2.24) is 0 Å². The van der Waals surface area contributed by atoms with Gasteiger partial charge in [0.25, 0.3) is 0 Å². The molecule has 0 aliphatic heterocycles. The molecule has 0 aromatic rings. The molecule has 4 unspecified atom stereocenters. The highest BCUT2D eigenvalue weighted by atomic mass is 16.6. The van der Waals surface area contributed by atoms with Gasteiger partial charge in [0.05, 0.1) is 33.0 Å². The lowest BCUT2D eigenvalue weighted by Gasteiger charge is -2.15. The Morgan fingerprint density at radius 2 is 1.35 bits per heavy atom. The number of allylic oxidation sites excluding steroid dienone is 2. The number of carbonyl (C=O) groups is 1. The van der Waals surface area contributed by atoms with E-state index in [9.17, 15) is 15.0 Å². The highest BCUT2D eigenvalue weighted by Gasteiger charge is 2.12. The van der Waals surface area contributed by atoms with Crippen LogP contribution in [0, 0.1) is 11.8 Å². The lowest BCUT2D eigenvalue weighted by Crippen LogP contribution is -2.29. The molecular weight excluding hydrogens is 440 g/mol. The van der Waals surface area contributed by atoms with Gasteiger partial charge in [-0.3, -0.25) is 4.79 Å². The van der Waals surface area contributed by atoms with E-state index in [4.69, 9.17) is 24.4 Å². The topological polar surface area (TPSA) is 126 Å². The van der Waals surface area contributed by atoms with Crippen LogP contribution in [-0.2, 0) is 19.0 Å². The molecular formula is C26H50O8. The molecule has 202 valence electrons. The van der Waals surface area contributed by atoms with E-state index in [-0.39, 0.29) is 45.4 Å². The minimum Gasteiger partial charge on any atom is -0.463 e. The van der Waals surface area contributed by atoms with Crippen molar-refractivity contribution in [3.05, 3.63) is 11.6 Å². The summed E-state index contributed by atoms with van der Waals surface area (Å²) in [6, 6.07) is 0. The highest BCUT2D eigenvalue weighted by Crippen LogP contribution is 2.19. The average molecular weight is 491 g/mol. The Hall–Kier alpha value is -1.03. The number of aliphatic hydroxyl groups is 4. The summed E-state index contributed by atoms with van der Waals surface area (Å²) in [7, 11) is 0. The van der Waals surface area contributed by atoms with Gasteiger partial charge in [0.15, 0.2) is 0 Å². The smallest absolute Gasteiger partial charge is 0.306 e. The SMILES string of the molecule is C/C(=C\CCC(=O)OCC(O)COCC(O)COCC(O)CO)CCCC(C)CCCC(C)C. The summed E-state index contributed by atoms with van der Waals surface area (Å²) in [5.41, 5.74) is 1.30. The van der Waals surface area contributed by atoms with E-state index >= 15 is 0 Å².